The largest absolute Gasteiger partial charge is 0.378 e. The summed E-state index contributed by atoms with van der Waals surface area (Å²) < 4.78 is 61.5. The van der Waals surface area contributed by atoms with Crippen LogP contribution in [0.1, 0.15) is 56.6 Å². The molecule has 1 N–H and O–H groups in total. The molecule has 4 aliphatic rings. The fourth-order valence-corrected chi connectivity index (χ4v) is 5.56. The molecule has 2 aromatic rings. The molecule has 1 aromatic carbocycles. The first-order valence-corrected chi connectivity index (χ1v) is 10.8. The van der Waals surface area contributed by atoms with Crippen LogP contribution >= 0.6 is 0 Å². The van der Waals surface area contributed by atoms with Crippen LogP contribution in [0.3, 0.4) is 0 Å². The number of nitrogens with one attached hydrogen (secondary N) is 1. The zero-order chi connectivity index (χ0) is 22.7. The van der Waals surface area contributed by atoms with E-state index in [4.69, 9.17) is 4.74 Å². The lowest BCUT2D eigenvalue weighted by Crippen LogP contribution is -2.72. The van der Waals surface area contributed by atoms with Gasteiger partial charge in [-0.2, -0.15) is 0 Å². The Bertz CT molecular complexity index is 1060. The van der Waals surface area contributed by atoms with Gasteiger partial charge in [0.1, 0.15) is 11.6 Å². The lowest BCUT2D eigenvalue weighted by Gasteiger charge is -2.67. The number of ether oxygens (including phenoxy) is 1. The Kier molecular flexibility index (Phi) is 4.85. The van der Waals surface area contributed by atoms with E-state index in [0.717, 1.165) is 18.2 Å². The van der Waals surface area contributed by atoms with Gasteiger partial charge in [-0.25, -0.2) is 17.6 Å². The number of rotatable bonds is 5. The molecule has 8 heteroatoms. The number of nitrogens with zero attached hydrogens (tertiary/aromatic N) is 1. The lowest BCUT2D eigenvalue weighted by atomic mass is 9.40. The second-order valence-corrected chi connectivity index (χ2v) is 9.53. The third kappa shape index (κ3) is 3.39. The van der Waals surface area contributed by atoms with Gasteiger partial charge in [0, 0.05) is 43.2 Å². The molecular weight excluding hydrogens is 424 g/mol. The number of methoxy groups -OCH3 is 1. The highest BCUT2D eigenvalue weighted by Gasteiger charge is 2.72. The number of hydrogen-bond acceptors (Lipinski definition) is 3. The van der Waals surface area contributed by atoms with Gasteiger partial charge in [0.15, 0.2) is 0 Å². The van der Waals surface area contributed by atoms with Crippen molar-refractivity contribution in [3.8, 4) is 11.1 Å². The first kappa shape index (κ1) is 21.4. The van der Waals surface area contributed by atoms with Gasteiger partial charge in [0.25, 0.3) is 0 Å². The normalized spacial score (nSPS) is 28.5. The fraction of sp³-hybridized carbons (Fsp3) is 0.500. The van der Waals surface area contributed by atoms with Gasteiger partial charge < -0.3 is 10.1 Å². The lowest BCUT2D eigenvalue weighted by molar-refractivity contribution is -0.260. The summed E-state index contributed by atoms with van der Waals surface area (Å²) in [6.45, 7) is 0. The number of carbonyl (C=O) groups excluding carboxylic acids is 1. The van der Waals surface area contributed by atoms with Crippen LogP contribution in [0.2, 0.25) is 0 Å². The second-order valence-electron chi connectivity index (χ2n) is 9.53. The Balaban J connectivity index is 1.53. The maximum absolute atomic E-state index is 14.6. The molecule has 4 fully saturated rings. The van der Waals surface area contributed by atoms with Gasteiger partial charge in [-0.05, 0) is 56.4 Å². The summed E-state index contributed by atoms with van der Waals surface area (Å²) in [4.78, 5) is 17.6. The van der Waals surface area contributed by atoms with Crippen LogP contribution in [-0.4, -0.2) is 29.5 Å². The number of pyridine rings is 1. The molecule has 170 valence electrons. The molecule has 1 aromatic heterocycles. The summed E-state index contributed by atoms with van der Waals surface area (Å²) in [5.74, 6) is -4.49. The summed E-state index contributed by atoms with van der Waals surface area (Å²) >= 11 is 0. The maximum Gasteiger partial charge on any atom is 0.248 e. The average Bonchev–Trinajstić information content (AvgIpc) is 2.69. The summed E-state index contributed by atoms with van der Waals surface area (Å²) in [5.41, 5.74) is 0.250. The monoisotopic (exact) mass is 448 g/mol. The number of anilines is 1. The smallest absolute Gasteiger partial charge is 0.248 e. The Labute approximate surface area is 183 Å². The molecule has 4 nitrogen and oxygen atoms in total. The molecule has 6 rings (SSSR count). The van der Waals surface area contributed by atoms with Crippen molar-refractivity contribution in [2.75, 3.05) is 12.4 Å². The zero-order valence-electron chi connectivity index (χ0n) is 17.7. The molecule has 4 aliphatic carbocycles. The van der Waals surface area contributed by atoms with E-state index in [1.807, 2.05) is 0 Å². The highest BCUT2D eigenvalue weighted by atomic mass is 19.3. The molecule has 0 radical (unpaired) electrons. The van der Waals surface area contributed by atoms with Crippen molar-refractivity contribution >= 4 is 11.6 Å². The number of aromatic nitrogens is 1. The molecule has 4 saturated carbocycles. The van der Waals surface area contributed by atoms with E-state index in [0.29, 0.717) is 30.5 Å². The minimum Gasteiger partial charge on any atom is -0.378 e. The van der Waals surface area contributed by atoms with E-state index in [-0.39, 0.29) is 54.4 Å². The highest BCUT2D eigenvalue weighted by molar-refractivity contribution is 6.01. The quantitative estimate of drug-likeness (QED) is 0.586. The van der Waals surface area contributed by atoms with Crippen LogP contribution in [-0.2, 0) is 9.53 Å². The molecule has 2 bridgehead atoms. The number of amides is 1. The molecule has 1 amide bonds. The predicted molar refractivity (Wildman–Crippen MR) is 110 cm³/mol. The van der Waals surface area contributed by atoms with Gasteiger partial charge in [-0.1, -0.05) is 0 Å². The summed E-state index contributed by atoms with van der Waals surface area (Å²) in [7, 11) is 1.63. The van der Waals surface area contributed by atoms with E-state index in [1.165, 1.54) is 12.3 Å². The number of benzene rings is 1. The van der Waals surface area contributed by atoms with Crippen LogP contribution < -0.4 is 5.32 Å². The van der Waals surface area contributed by atoms with Gasteiger partial charge in [-0.3, -0.25) is 9.78 Å². The predicted octanol–water partition coefficient (Wildman–Crippen LogP) is 5.83. The highest BCUT2D eigenvalue weighted by Crippen LogP contribution is 2.69. The number of hydrogen-bond donors (Lipinski definition) is 1. The van der Waals surface area contributed by atoms with Gasteiger partial charge in [-0.15, -0.1) is 0 Å². The first-order valence-electron chi connectivity index (χ1n) is 10.8. The van der Waals surface area contributed by atoms with Crippen LogP contribution in [0.25, 0.3) is 11.1 Å². The van der Waals surface area contributed by atoms with Crippen molar-refractivity contribution in [1.82, 2.24) is 4.98 Å². The standard InChI is InChI=1S/C24H24F4N2O2/c1-32-23-11-22(12-23,13-23)21(31)30-20-16(17-10-15(25)2-3-18(17)26)6-9-29-19(20)14-4-7-24(27,28)8-5-14/h2-3,6,9-10,14H,4-5,7-8,11-13H2,1H3,(H,30,31). The van der Waals surface area contributed by atoms with Crippen LogP contribution in [0, 0.1) is 17.0 Å². The topological polar surface area (TPSA) is 51.2 Å². The van der Waals surface area contributed by atoms with Gasteiger partial charge >= 0.3 is 0 Å². The fourth-order valence-electron chi connectivity index (χ4n) is 5.56. The molecule has 1 heterocycles. The third-order valence-corrected chi connectivity index (χ3v) is 7.44. The van der Waals surface area contributed by atoms with Crippen molar-refractivity contribution in [1.29, 1.82) is 0 Å². The Morgan fingerprint density at radius 1 is 1.09 bits per heavy atom. The molecule has 0 unspecified atom stereocenters. The van der Waals surface area contributed by atoms with E-state index >= 15 is 0 Å². The van der Waals surface area contributed by atoms with Crippen molar-refractivity contribution in [3.63, 3.8) is 0 Å². The molecule has 0 spiro atoms. The molecule has 0 aliphatic heterocycles. The minimum absolute atomic E-state index is 0.00366. The average molecular weight is 448 g/mol. The van der Waals surface area contributed by atoms with Crippen LogP contribution in [0.15, 0.2) is 30.5 Å². The number of carbonyl (C=O) groups is 1. The first-order chi connectivity index (χ1) is 15.2. The van der Waals surface area contributed by atoms with Crippen molar-refractivity contribution in [3.05, 3.63) is 47.8 Å². The minimum atomic E-state index is -2.72. The Hall–Kier alpha value is -2.48. The third-order valence-electron chi connectivity index (χ3n) is 7.44. The van der Waals surface area contributed by atoms with E-state index in [1.54, 1.807) is 7.11 Å². The maximum atomic E-state index is 14.6. The summed E-state index contributed by atoms with van der Waals surface area (Å²) in [6.07, 6.45) is 3.15. The molecule has 32 heavy (non-hydrogen) atoms. The number of halogens is 4. The SMILES string of the molecule is COC12CC(C(=O)Nc3c(-c4cc(F)ccc4F)ccnc3C3CCC(F)(F)CC3)(C1)C2. The van der Waals surface area contributed by atoms with Crippen molar-refractivity contribution in [2.45, 2.75) is 62.4 Å². The molecule has 0 atom stereocenters. The van der Waals surface area contributed by atoms with Crippen LogP contribution in [0.5, 0.6) is 0 Å². The molecular formula is C24H24F4N2O2. The van der Waals surface area contributed by atoms with Gasteiger partial charge in [0.2, 0.25) is 11.8 Å². The zero-order valence-corrected chi connectivity index (χ0v) is 17.7. The van der Waals surface area contributed by atoms with Crippen LogP contribution in [0.4, 0.5) is 23.2 Å². The summed E-state index contributed by atoms with van der Waals surface area (Å²) in [6, 6.07) is 4.64. The number of alkyl halides is 2. The van der Waals surface area contributed by atoms with E-state index < -0.39 is 23.0 Å². The van der Waals surface area contributed by atoms with Crippen molar-refractivity contribution in [2.24, 2.45) is 5.41 Å². The van der Waals surface area contributed by atoms with E-state index in [9.17, 15) is 22.4 Å². The van der Waals surface area contributed by atoms with Gasteiger partial charge in [0.05, 0.1) is 22.4 Å². The Morgan fingerprint density at radius 3 is 2.44 bits per heavy atom. The van der Waals surface area contributed by atoms with Crippen molar-refractivity contribution < 1.29 is 27.1 Å². The molecule has 0 saturated heterocycles. The Morgan fingerprint density at radius 2 is 1.78 bits per heavy atom. The van der Waals surface area contributed by atoms with E-state index in [2.05, 4.69) is 10.3 Å². The second kappa shape index (κ2) is 7.27. The summed E-state index contributed by atoms with van der Waals surface area (Å²) in [5, 5.41) is 2.93.